The maximum Gasteiger partial charge on any atom is 0.219 e. The van der Waals surface area contributed by atoms with Crippen molar-refractivity contribution < 1.29 is 14.6 Å². The van der Waals surface area contributed by atoms with Crippen LogP contribution in [0.2, 0.25) is 0 Å². The third-order valence-corrected chi connectivity index (χ3v) is 3.33. The first-order valence-corrected chi connectivity index (χ1v) is 6.55. The second-order valence-corrected chi connectivity index (χ2v) is 4.69. The van der Waals surface area contributed by atoms with Gasteiger partial charge in [0, 0.05) is 39.6 Å². The molecule has 1 fully saturated rings. The van der Waals surface area contributed by atoms with E-state index in [0.717, 1.165) is 38.5 Å². The molecule has 1 heterocycles. The molecule has 0 unspecified atom stereocenters. The molecule has 0 radical (unpaired) electrons. The largest absolute Gasteiger partial charge is 0.508 e. The number of rotatable bonds is 4. The first kappa shape index (κ1) is 13.7. The van der Waals surface area contributed by atoms with Crippen LogP contribution in [-0.4, -0.2) is 60.1 Å². The molecule has 19 heavy (non-hydrogen) atoms. The summed E-state index contributed by atoms with van der Waals surface area (Å²) in [5, 5.41) is 9.16. The van der Waals surface area contributed by atoms with Crippen molar-refractivity contribution >= 4 is 5.91 Å². The van der Waals surface area contributed by atoms with Gasteiger partial charge in [-0.1, -0.05) is 0 Å². The normalized spacial score (nSPS) is 16.4. The fraction of sp³-hybridized carbons (Fsp3) is 0.500. The molecule has 1 aromatic rings. The molecule has 0 spiro atoms. The Morgan fingerprint density at radius 2 is 1.84 bits per heavy atom. The van der Waals surface area contributed by atoms with Gasteiger partial charge in [-0.05, 0) is 24.3 Å². The molecule has 2 rings (SSSR count). The predicted molar refractivity (Wildman–Crippen MR) is 72.3 cm³/mol. The Balaban J connectivity index is 1.67. The van der Waals surface area contributed by atoms with E-state index in [1.54, 1.807) is 31.2 Å². The topological polar surface area (TPSA) is 53.0 Å². The fourth-order valence-corrected chi connectivity index (χ4v) is 2.12. The second kappa shape index (κ2) is 6.43. The van der Waals surface area contributed by atoms with E-state index < -0.39 is 0 Å². The highest BCUT2D eigenvalue weighted by molar-refractivity contribution is 5.73. The van der Waals surface area contributed by atoms with Crippen LogP contribution in [-0.2, 0) is 4.79 Å². The van der Waals surface area contributed by atoms with Gasteiger partial charge in [0.2, 0.25) is 5.91 Å². The van der Waals surface area contributed by atoms with Gasteiger partial charge in [-0.3, -0.25) is 9.69 Å². The van der Waals surface area contributed by atoms with E-state index in [-0.39, 0.29) is 11.7 Å². The zero-order chi connectivity index (χ0) is 13.7. The van der Waals surface area contributed by atoms with Gasteiger partial charge in [-0.25, -0.2) is 0 Å². The van der Waals surface area contributed by atoms with Gasteiger partial charge in [-0.2, -0.15) is 0 Å². The van der Waals surface area contributed by atoms with Gasteiger partial charge in [0.15, 0.2) is 0 Å². The van der Waals surface area contributed by atoms with Crippen LogP contribution in [0.3, 0.4) is 0 Å². The molecule has 0 aliphatic carbocycles. The highest BCUT2D eigenvalue weighted by Gasteiger charge is 2.17. The molecule has 5 nitrogen and oxygen atoms in total. The zero-order valence-corrected chi connectivity index (χ0v) is 11.2. The number of nitrogens with zero attached hydrogens (tertiary/aromatic N) is 2. The quantitative estimate of drug-likeness (QED) is 0.879. The molecular weight excluding hydrogens is 244 g/mol. The molecule has 1 saturated heterocycles. The van der Waals surface area contributed by atoms with Crippen LogP contribution in [0.5, 0.6) is 11.5 Å². The summed E-state index contributed by atoms with van der Waals surface area (Å²) in [6.45, 7) is 6.49. The highest BCUT2D eigenvalue weighted by atomic mass is 16.5. The standard InChI is InChI=1S/C14H20N2O3/c1-12(17)16-8-6-15(7-9-16)10-11-19-14-4-2-13(18)3-5-14/h2-5,18H,6-11H2,1H3. The molecule has 1 amide bonds. The Morgan fingerprint density at radius 3 is 2.42 bits per heavy atom. The third-order valence-electron chi connectivity index (χ3n) is 3.33. The Bertz CT molecular complexity index is 411. The second-order valence-electron chi connectivity index (χ2n) is 4.69. The minimum absolute atomic E-state index is 0.153. The van der Waals surface area contributed by atoms with E-state index in [9.17, 15) is 4.79 Å². The fourth-order valence-electron chi connectivity index (χ4n) is 2.12. The summed E-state index contributed by atoms with van der Waals surface area (Å²) in [5.41, 5.74) is 0. The molecule has 0 atom stereocenters. The number of amides is 1. The molecule has 0 bridgehead atoms. The molecular formula is C14H20N2O3. The lowest BCUT2D eigenvalue weighted by Crippen LogP contribution is -2.48. The first-order chi connectivity index (χ1) is 9.15. The molecule has 1 aliphatic rings. The van der Waals surface area contributed by atoms with Crippen molar-refractivity contribution in [1.29, 1.82) is 0 Å². The number of aromatic hydroxyl groups is 1. The van der Waals surface area contributed by atoms with Gasteiger partial charge in [0.05, 0.1) is 0 Å². The maximum absolute atomic E-state index is 11.2. The summed E-state index contributed by atoms with van der Waals surface area (Å²) in [6, 6.07) is 6.73. The number of carbonyl (C=O) groups is 1. The molecule has 1 aliphatic heterocycles. The monoisotopic (exact) mass is 264 g/mol. The lowest BCUT2D eigenvalue weighted by Gasteiger charge is -2.34. The Labute approximate surface area is 113 Å². The van der Waals surface area contributed by atoms with E-state index >= 15 is 0 Å². The van der Waals surface area contributed by atoms with Gasteiger partial charge in [0.1, 0.15) is 18.1 Å². The minimum Gasteiger partial charge on any atom is -0.508 e. The molecule has 0 saturated carbocycles. The van der Waals surface area contributed by atoms with E-state index in [1.165, 1.54) is 0 Å². The summed E-state index contributed by atoms with van der Waals surface area (Å²) in [7, 11) is 0. The van der Waals surface area contributed by atoms with E-state index in [1.807, 2.05) is 4.90 Å². The maximum atomic E-state index is 11.2. The molecule has 1 aromatic carbocycles. The summed E-state index contributed by atoms with van der Waals surface area (Å²) in [6.07, 6.45) is 0. The summed E-state index contributed by atoms with van der Waals surface area (Å²) < 4.78 is 5.60. The SMILES string of the molecule is CC(=O)N1CCN(CCOc2ccc(O)cc2)CC1. The molecule has 5 heteroatoms. The lowest BCUT2D eigenvalue weighted by molar-refractivity contribution is -0.130. The van der Waals surface area contributed by atoms with Crippen molar-refractivity contribution in [2.75, 3.05) is 39.3 Å². The average molecular weight is 264 g/mol. The van der Waals surface area contributed by atoms with Crippen LogP contribution < -0.4 is 4.74 Å². The van der Waals surface area contributed by atoms with Gasteiger partial charge >= 0.3 is 0 Å². The number of ether oxygens (including phenoxy) is 1. The van der Waals surface area contributed by atoms with Gasteiger partial charge in [-0.15, -0.1) is 0 Å². The number of carbonyl (C=O) groups excluding carboxylic acids is 1. The minimum atomic E-state index is 0.153. The van der Waals surface area contributed by atoms with Gasteiger partial charge < -0.3 is 14.7 Å². The van der Waals surface area contributed by atoms with Crippen molar-refractivity contribution in [1.82, 2.24) is 9.80 Å². The Morgan fingerprint density at radius 1 is 1.21 bits per heavy atom. The first-order valence-electron chi connectivity index (χ1n) is 6.55. The third kappa shape index (κ3) is 4.13. The smallest absolute Gasteiger partial charge is 0.219 e. The number of benzene rings is 1. The van der Waals surface area contributed by atoms with Crippen molar-refractivity contribution in [3.8, 4) is 11.5 Å². The van der Waals surface area contributed by atoms with Crippen molar-refractivity contribution in [2.45, 2.75) is 6.92 Å². The zero-order valence-electron chi connectivity index (χ0n) is 11.2. The number of phenols is 1. The molecule has 0 aromatic heterocycles. The highest BCUT2D eigenvalue weighted by Crippen LogP contribution is 2.15. The summed E-state index contributed by atoms with van der Waals surface area (Å²) in [4.78, 5) is 15.4. The van der Waals surface area contributed by atoms with Gasteiger partial charge in [0.25, 0.3) is 0 Å². The van der Waals surface area contributed by atoms with Crippen LogP contribution in [0.25, 0.3) is 0 Å². The average Bonchev–Trinajstić information content (AvgIpc) is 2.41. The Kier molecular flexibility index (Phi) is 4.63. The number of piperazine rings is 1. The summed E-state index contributed by atoms with van der Waals surface area (Å²) in [5.74, 6) is 1.16. The predicted octanol–water partition coefficient (Wildman–Crippen LogP) is 0.935. The van der Waals surface area contributed by atoms with Crippen molar-refractivity contribution in [3.63, 3.8) is 0 Å². The van der Waals surface area contributed by atoms with Crippen LogP contribution in [0.1, 0.15) is 6.92 Å². The van der Waals surface area contributed by atoms with Crippen LogP contribution in [0, 0.1) is 0 Å². The summed E-state index contributed by atoms with van der Waals surface area (Å²) >= 11 is 0. The number of hydrogen-bond acceptors (Lipinski definition) is 4. The van der Waals surface area contributed by atoms with Crippen LogP contribution in [0.15, 0.2) is 24.3 Å². The number of hydrogen-bond donors (Lipinski definition) is 1. The van der Waals surface area contributed by atoms with Crippen LogP contribution >= 0.6 is 0 Å². The van der Waals surface area contributed by atoms with Crippen LogP contribution in [0.4, 0.5) is 0 Å². The van der Waals surface area contributed by atoms with Crippen molar-refractivity contribution in [3.05, 3.63) is 24.3 Å². The van der Waals surface area contributed by atoms with Crippen molar-refractivity contribution in [2.24, 2.45) is 0 Å². The molecule has 104 valence electrons. The van der Waals surface area contributed by atoms with E-state index in [4.69, 9.17) is 9.84 Å². The van der Waals surface area contributed by atoms with E-state index in [0.29, 0.717) is 6.61 Å². The lowest BCUT2D eigenvalue weighted by atomic mass is 10.3. The number of phenolic OH excluding ortho intramolecular Hbond substituents is 1. The van der Waals surface area contributed by atoms with E-state index in [2.05, 4.69) is 4.90 Å². The molecule has 1 N–H and O–H groups in total. The Hall–Kier alpha value is -1.75.